The molecule has 2 amide bonds. The lowest BCUT2D eigenvalue weighted by Gasteiger charge is -2.21. The van der Waals surface area contributed by atoms with Crippen LogP contribution in [0.1, 0.15) is 11.1 Å². The van der Waals surface area contributed by atoms with Crippen molar-refractivity contribution in [2.24, 2.45) is 5.10 Å². The first-order valence-electron chi connectivity index (χ1n) is 12.9. The number of hydrogen-bond acceptors (Lipinski definition) is 6. The third-order valence-corrected chi connectivity index (χ3v) is 7.76. The fourth-order valence-electron chi connectivity index (χ4n) is 3.82. The average molecular weight is 571 g/mol. The number of nitrogens with zero attached hydrogens (tertiary/aromatic N) is 2. The van der Waals surface area contributed by atoms with Crippen molar-refractivity contribution in [2.75, 3.05) is 25.0 Å². The molecule has 0 saturated carbocycles. The summed E-state index contributed by atoms with van der Waals surface area (Å²) in [7, 11) is -3.90. The molecule has 41 heavy (non-hydrogen) atoms. The maximum atomic E-state index is 13.3. The van der Waals surface area contributed by atoms with Gasteiger partial charge in [0.25, 0.3) is 11.8 Å². The quantitative estimate of drug-likeness (QED) is 0.186. The Morgan fingerprint density at radius 2 is 1.39 bits per heavy atom. The van der Waals surface area contributed by atoms with Gasteiger partial charge in [0.15, 0.2) is 6.61 Å². The van der Waals surface area contributed by atoms with Crippen LogP contribution in [0.25, 0.3) is 0 Å². The van der Waals surface area contributed by atoms with Crippen LogP contribution >= 0.6 is 0 Å². The highest BCUT2D eigenvalue weighted by Crippen LogP contribution is 2.16. The zero-order valence-corrected chi connectivity index (χ0v) is 23.0. The number of ether oxygens (including phenoxy) is 1. The van der Waals surface area contributed by atoms with E-state index in [1.165, 1.54) is 18.3 Å². The summed E-state index contributed by atoms with van der Waals surface area (Å²) in [5.74, 6) is -0.357. The SMILES string of the molecule is O=C(CN(CCc1ccccc1)S(=O)(=O)c1ccccc1)N/N=C/c1ccc(OCC(=O)Nc2ccccc2)cc1. The third kappa shape index (κ3) is 9.13. The van der Waals surface area contributed by atoms with Gasteiger partial charge in [0, 0.05) is 12.2 Å². The van der Waals surface area contributed by atoms with Gasteiger partial charge in [-0.25, -0.2) is 13.8 Å². The number of nitrogens with one attached hydrogen (secondary N) is 2. The van der Waals surface area contributed by atoms with Crippen molar-refractivity contribution in [3.8, 4) is 5.75 Å². The molecule has 0 aromatic heterocycles. The molecule has 0 aliphatic heterocycles. The lowest BCUT2D eigenvalue weighted by atomic mass is 10.1. The van der Waals surface area contributed by atoms with Crippen molar-refractivity contribution in [3.63, 3.8) is 0 Å². The largest absolute Gasteiger partial charge is 0.484 e. The second-order valence-corrected chi connectivity index (χ2v) is 10.9. The van der Waals surface area contributed by atoms with Gasteiger partial charge < -0.3 is 10.1 Å². The van der Waals surface area contributed by atoms with Crippen molar-refractivity contribution >= 4 is 33.7 Å². The summed E-state index contributed by atoms with van der Waals surface area (Å²) in [6.07, 6.45) is 1.88. The predicted molar refractivity (Wildman–Crippen MR) is 158 cm³/mol. The highest BCUT2D eigenvalue weighted by Gasteiger charge is 2.26. The van der Waals surface area contributed by atoms with Crippen LogP contribution in [-0.4, -0.2) is 50.4 Å². The molecule has 10 heteroatoms. The molecule has 0 bridgehead atoms. The Morgan fingerprint density at radius 1 is 0.780 bits per heavy atom. The Balaban J connectivity index is 1.30. The average Bonchev–Trinajstić information content (AvgIpc) is 3.00. The molecule has 0 spiro atoms. The Morgan fingerprint density at radius 3 is 2.05 bits per heavy atom. The van der Waals surface area contributed by atoms with Crippen LogP contribution in [0.4, 0.5) is 5.69 Å². The summed E-state index contributed by atoms with van der Waals surface area (Å²) >= 11 is 0. The van der Waals surface area contributed by atoms with Crippen LogP contribution in [0.5, 0.6) is 5.75 Å². The fourth-order valence-corrected chi connectivity index (χ4v) is 5.23. The Bertz CT molecular complexity index is 1550. The van der Waals surface area contributed by atoms with Gasteiger partial charge in [0.05, 0.1) is 17.7 Å². The number of anilines is 1. The van der Waals surface area contributed by atoms with E-state index in [1.54, 1.807) is 54.6 Å². The molecular formula is C31H30N4O5S. The molecule has 210 valence electrons. The first kappa shape index (κ1) is 29.2. The van der Waals surface area contributed by atoms with Gasteiger partial charge >= 0.3 is 0 Å². The van der Waals surface area contributed by atoms with E-state index in [1.807, 2.05) is 48.5 Å². The Hall–Kier alpha value is -4.80. The van der Waals surface area contributed by atoms with E-state index >= 15 is 0 Å². The van der Waals surface area contributed by atoms with Crippen molar-refractivity contribution in [1.29, 1.82) is 0 Å². The summed E-state index contributed by atoms with van der Waals surface area (Å²) in [5.41, 5.74) is 4.72. The molecule has 0 unspecified atom stereocenters. The molecule has 4 rings (SSSR count). The van der Waals surface area contributed by atoms with Gasteiger partial charge in [-0.3, -0.25) is 9.59 Å². The zero-order chi connectivity index (χ0) is 28.9. The summed E-state index contributed by atoms with van der Waals surface area (Å²) in [5, 5.41) is 6.71. The number of para-hydroxylation sites is 1. The van der Waals surface area contributed by atoms with Crippen LogP contribution in [-0.2, 0) is 26.0 Å². The van der Waals surface area contributed by atoms with E-state index in [4.69, 9.17) is 4.74 Å². The molecule has 0 aliphatic carbocycles. The van der Waals surface area contributed by atoms with E-state index in [0.717, 1.165) is 9.87 Å². The molecule has 0 heterocycles. The van der Waals surface area contributed by atoms with Crippen LogP contribution in [0, 0.1) is 0 Å². The van der Waals surface area contributed by atoms with Gasteiger partial charge in [0.2, 0.25) is 10.0 Å². The van der Waals surface area contributed by atoms with E-state index in [-0.39, 0.29) is 30.5 Å². The van der Waals surface area contributed by atoms with Crippen LogP contribution in [0.15, 0.2) is 125 Å². The van der Waals surface area contributed by atoms with Crippen LogP contribution in [0.2, 0.25) is 0 Å². The monoisotopic (exact) mass is 570 g/mol. The zero-order valence-electron chi connectivity index (χ0n) is 22.2. The highest BCUT2D eigenvalue weighted by atomic mass is 32.2. The van der Waals surface area contributed by atoms with Crippen LogP contribution < -0.4 is 15.5 Å². The van der Waals surface area contributed by atoms with Crippen molar-refractivity contribution in [1.82, 2.24) is 9.73 Å². The molecular weight excluding hydrogens is 540 g/mol. The van der Waals surface area contributed by atoms with Gasteiger partial charge in [0.1, 0.15) is 5.75 Å². The van der Waals surface area contributed by atoms with Crippen molar-refractivity contribution < 1.29 is 22.7 Å². The second-order valence-electron chi connectivity index (χ2n) is 8.95. The number of carbonyl (C=O) groups excluding carboxylic acids is 2. The maximum Gasteiger partial charge on any atom is 0.262 e. The number of carbonyl (C=O) groups is 2. The van der Waals surface area contributed by atoms with Gasteiger partial charge in [-0.05, 0) is 66.1 Å². The first-order chi connectivity index (χ1) is 19.9. The van der Waals surface area contributed by atoms with Crippen molar-refractivity contribution in [2.45, 2.75) is 11.3 Å². The normalized spacial score (nSPS) is 11.3. The lowest BCUT2D eigenvalue weighted by Crippen LogP contribution is -2.40. The third-order valence-electron chi connectivity index (χ3n) is 5.90. The smallest absolute Gasteiger partial charge is 0.262 e. The predicted octanol–water partition coefficient (Wildman–Crippen LogP) is 4.09. The topological polar surface area (TPSA) is 117 Å². The minimum atomic E-state index is -3.90. The number of rotatable bonds is 13. The minimum absolute atomic E-state index is 0.115. The Labute approximate surface area is 239 Å². The Kier molecular flexibility index (Phi) is 10.4. The molecule has 0 radical (unpaired) electrons. The number of sulfonamides is 1. The lowest BCUT2D eigenvalue weighted by molar-refractivity contribution is -0.121. The molecule has 0 saturated heterocycles. The van der Waals surface area contributed by atoms with Gasteiger partial charge in [-0.2, -0.15) is 9.41 Å². The molecule has 4 aromatic carbocycles. The van der Waals surface area contributed by atoms with Gasteiger partial charge in [-0.15, -0.1) is 0 Å². The summed E-state index contributed by atoms with van der Waals surface area (Å²) in [6, 6.07) is 33.4. The molecule has 9 nitrogen and oxygen atoms in total. The molecule has 4 aromatic rings. The maximum absolute atomic E-state index is 13.3. The number of hydrogen-bond donors (Lipinski definition) is 2. The molecule has 0 aliphatic rings. The fraction of sp³-hybridized carbons (Fsp3) is 0.129. The summed E-state index contributed by atoms with van der Waals surface area (Å²) in [4.78, 5) is 24.8. The molecule has 0 fully saturated rings. The molecule has 2 N–H and O–H groups in total. The number of amides is 2. The number of benzene rings is 4. The van der Waals surface area contributed by atoms with E-state index in [2.05, 4.69) is 15.8 Å². The highest BCUT2D eigenvalue weighted by molar-refractivity contribution is 7.89. The van der Waals surface area contributed by atoms with E-state index in [9.17, 15) is 18.0 Å². The van der Waals surface area contributed by atoms with Crippen molar-refractivity contribution in [3.05, 3.63) is 126 Å². The second kappa shape index (κ2) is 14.5. The first-order valence-corrected chi connectivity index (χ1v) is 14.3. The minimum Gasteiger partial charge on any atom is -0.484 e. The summed E-state index contributed by atoms with van der Waals surface area (Å²) < 4.78 is 33.2. The standard InChI is InChI=1S/C31H30N4O5S/c36-30(23-35(21-20-25-10-4-1-5-11-25)41(38,39)29-14-8-3-9-15-29)34-32-22-26-16-18-28(19-17-26)40-24-31(37)33-27-12-6-2-7-13-27/h1-19,22H,20-21,23-24H2,(H,33,37)(H,34,36)/b32-22+. The summed E-state index contributed by atoms with van der Waals surface area (Å²) in [6.45, 7) is -0.409. The van der Waals surface area contributed by atoms with Crippen LogP contribution in [0.3, 0.4) is 0 Å². The van der Waals surface area contributed by atoms with E-state index in [0.29, 0.717) is 23.4 Å². The number of hydrazone groups is 1. The molecule has 0 atom stereocenters. The van der Waals surface area contributed by atoms with Gasteiger partial charge in [-0.1, -0.05) is 66.7 Å². The van der Waals surface area contributed by atoms with E-state index < -0.39 is 15.9 Å².